The number of H-pyrrole nitrogens is 1. The van der Waals surface area contributed by atoms with Crippen LogP contribution in [0.3, 0.4) is 0 Å². The van der Waals surface area contributed by atoms with Crippen LogP contribution in [0.2, 0.25) is 0 Å². The lowest BCUT2D eigenvalue weighted by molar-refractivity contribution is -0.115. The molecule has 0 aliphatic carbocycles. The molecule has 28 heavy (non-hydrogen) atoms. The number of hydrogen-bond acceptors (Lipinski definition) is 6. The van der Waals surface area contributed by atoms with Gasteiger partial charge in [0.05, 0.1) is 16.3 Å². The van der Waals surface area contributed by atoms with E-state index in [0.717, 1.165) is 16.6 Å². The molecule has 0 bridgehead atoms. The van der Waals surface area contributed by atoms with Gasteiger partial charge in [-0.3, -0.25) is 10.1 Å². The van der Waals surface area contributed by atoms with Gasteiger partial charge in [-0.05, 0) is 42.8 Å². The summed E-state index contributed by atoms with van der Waals surface area (Å²) in [6.45, 7) is 1.95. The number of halogens is 1. The largest absolute Gasteiger partial charge is 0.333 e. The number of carbonyl (C=O) groups excluding carboxylic acids is 1. The van der Waals surface area contributed by atoms with Gasteiger partial charge in [0.25, 0.3) is 0 Å². The molecule has 1 atom stereocenters. The predicted molar refractivity (Wildman–Crippen MR) is 110 cm³/mol. The van der Waals surface area contributed by atoms with Crippen molar-refractivity contribution in [2.24, 2.45) is 0 Å². The highest BCUT2D eigenvalue weighted by atomic mass is 32.2. The first-order chi connectivity index (χ1) is 13.6. The van der Waals surface area contributed by atoms with Crippen molar-refractivity contribution in [1.82, 2.24) is 20.2 Å². The fraction of sp³-hybridized carbons (Fsp3) is 0.158. The molecule has 4 aromatic rings. The standard InChI is InChI=1S/C19H16FN5OS2/c1-2-15(27-18-21-13-5-3-4-6-14(13)22-18)16(26)23-19-25-24-17(28-19)11-7-9-12(20)10-8-11/h3-10,15H,2H2,1H3,(H,21,22)(H,23,25,26). The van der Waals surface area contributed by atoms with Crippen LogP contribution in [0.1, 0.15) is 13.3 Å². The number of thioether (sulfide) groups is 1. The average Bonchev–Trinajstić information content (AvgIpc) is 3.33. The Kier molecular flexibility index (Phi) is 5.36. The van der Waals surface area contributed by atoms with Gasteiger partial charge in [0.2, 0.25) is 11.0 Å². The number of benzene rings is 2. The molecule has 0 aliphatic rings. The number of imidazole rings is 1. The lowest BCUT2D eigenvalue weighted by Crippen LogP contribution is -2.24. The van der Waals surface area contributed by atoms with Gasteiger partial charge in [0, 0.05) is 5.56 Å². The van der Waals surface area contributed by atoms with Gasteiger partial charge >= 0.3 is 0 Å². The van der Waals surface area contributed by atoms with Gasteiger partial charge in [-0.2, -0.15) is 0 Å². The molecule has 0 aliphatic heterocycles. The second kappa shape index (κ2) is 8.07. The summed E-state index contributed by atoms with van der Waals surface area (Å²) in [6.07, 6.45) is 0.636. The summed E-state index contributed by atoms with van der Waals surface area (Å²) in [7, 11) is 0. The third-order valence-electron chi connectivity index (χ3n) is 4.03. The van der Waals surface area contributed by atoms with Crippen LogP contribution >= 0.6 is 23.1 Å². The Labute approximate surface area is 168 Å². The van der Waals surface area contributed by atoms with Crippen LogP contribution in [0, 0.1) is 5.82 Å². The van der Waals surface area contributed by atoms with Crippen LogP contribution in [-0.2, 0) is 4.79 Å². The van der Waals surface area contributed by atoms with Crippen molar-refractivity contribution in [3.05, 3.63) is 54.3 Å². The Morgan fingerprint density at radius 3 is 2.75 bits per heavy atom. The summed E-state index contributed by atoms with van der Waals surface area (Å²) in [5.41, 5.74) is 2.56. The zero-order valence-corrected chi connectivity index (χ0v) is 16.5. The normalized spacial score (nSPS) is 12.2. The Bertz CT molecular complexity index is 1080. The minimum absolute atomic E-state index is 0.158. The third-order valence-corrected chi connectivity index (χ3v) is 6.17. The molecule has 0 saturated carbocycles. The SMILES string of the molecule is CCC(Sc1nc2ccccc2[nH]1)C(=O)Nc1nnc(-c2ccc(F)cc2)s1. The van der Waals surface area contributed by atoms with Gasteiger partial charge in [-0.15, -0.1) is 10.2 Å². The maximum Gasteiger partial charge on any atom is 0.239 e. The van der Waals surface area contributed by atoms with Crippen LogP contribution in [0.5, 0.6) is 0 Å². The van der Waals surface area contributed by atoms with E-state index in [9.17, 15) is 9.18 Å². The molecule has 2 heterocycles. The summed E-state index contributed by atoms with van der Waals surface area (Å²) in [4.78, 5) is 20.4. The fourth-order valence-corrected chi connectivity index (χ4v) is 4.29. The molecule has 0 fully saturated rings. The zero-order chi connectivity index (χ0) is 19.5. The number of amides is 1. The Hall–Kier alpha value is -2.78. The molecular formula is C19H16FN5OS2. The van der Waals surface area contributed by atoms with Crippen molar-refractivity contribution in [1.29, 1.82) is 0 Å². The van der Waals surface area contributed by atoms with Gasteiger partial charge in [-0.25, -0.2) is 9.37 Å². The van der Waals surface area contributed by atoms with Gasteiger partial charge in [0.1, 0.15) is 10.8 Å². The Balaban J connectivity index is 1.45. The Morgan fingerprint density at radius 1 is 1.21 bits per heavy atom. The number of anilines is 1. The molecule has 0 radical (unpaired) electrons. The molecule has 1 amide bonds. The van der Waals surface area contributed by atoms with E-state index in [4.69, 9.17) is 0 Å². The fourth-order valence-electron chi connectivity index (χ4n) is 2.61. The number of aromatic amines is 1. The number of nitrogens with zero attached hydrogens (tertiary/aromatic N) is 3. The third kappa shape index (κ3) is 4.05. The quantitative estimate of drug-likeness (QED) is 0.447. The summed E-state index contributed by atoms with van der Waals surface area (Å²) in [6, 6.07) is 13.7. The number of carbonyl (C=O) groups is 1. The molecule has 4 rings (SSSR count). The lowest BCUT2D eigenvalue weighted by atomic mass is 10.2. The second-order valence-electron chi connectivity index (χ2n) is 5.98. The van der Waals surface area contributed by atoms with Crippen LogP contribution in [0.4, 0.5) is 9.52 Å². The van der Waals surface area contributed by atoms with Crippen molar-refractivity contribution >= 4 is 45.2 Å². The van der Waals surface area contributed by atoms with E-state index in [0.29, 0.717) is 21.7 Å². The van der Waals surface area contributed by atoms with Crippen LogP contribution in [-0.4, -0.2) is 31.3 Å². The average molecular weight is 414 g/mol. The summed E-state index contributed by atoms with van der Waals surface area (Å²) >= 11 is 2.63. The highest BCUT2D eigenvalue weighted by Gasteiger charge is 2.21. The van der Waals surface area contributed by atoms with E-state index in [1.807, 2.05) is 31.2 Å². The van der Waals surface area contributed by atoms with E-state index in [1.165, 1.54) is 35.2 Å². The summed E-state index contributed by atoms with van der Waals surface area (Å²) in [5.74, 6) is -0.468. The van der Waals surface area contributed by atoms with E-state index in [1.54, 1.807) is 12.1 Å². The molecule has 0 saturated heterocycles. The van der Waals surface area contributed by atoms with E-state index in [-0.39, 0.29) is 17.0 Å². The van der Waals surface area contributed by atoms with Crippen LogP contribution in [0.15, 0.2) is 53.7 Å². The summed E-state index contributed by atoms with van der Waals surface area (Å²) < 4.78 is 13.1. The topological polar surface area (TPSA) is 83.6 Å². The second-order valence-corrected chi connectivity index (χ2v) is 8.15. The molecule has 2 N–H and O–H groups in total. The van der Waals surface area contributed by atoms with E-state index >= 15 is 0 Å². The molecule has 6 nitrogen and oxygen atoms in total. The molecule has 142 valence electrons. The smallest absolute Gasteiger partial charge is 0.239 e. The number of para-hydroxylation sites is 2. The van der Waals surface area contributed by atoms with Crippen molar-refractivity contribution in [3.8, 4) is 10.6 Å². The maximum atomic E-state index is 13.1. The molecule has 2 aromatic carbocycles. The summed E-state index contributed by atoms with van der Waals surface area (Å²) in [5, 5.41) is 12.3. The van der Waals surface area contributed by atoms with Crippen molar-refractivity contribution in [2.45, 2.75) is 23.8 Å². The zero-order valence-electron chi connectivity index (χ0n) is 14.8. The first kappa shape index (κ1) is 18.6. The van der Waals surface area contributed by atoms with Crippen LogP contribution in [0.25, 0.3) is 21.6 Å². The monoisotopic (exact) mass is 413 g/mol. The van der Waals surface area contributed by atoms with E-state index < -0.39 is 0 Å². The maximum absolute atomic E-state index is 13.1. The predicted octanol–water partition coefficient (Wildman–Crippen LogP) is 4.73. The minimum Gasteiger partial charge on any atom is -0.333 e. The molecule has 2 aromatic heterocycles. The number of rotatable bonds is 6. The number of nitrogens with one attached hydrogen (secondary N) is 2. The molecular weight excluding hydrogens is 397 g/mol. The highest BCUT2D eigenvalue weighted by molar-refractivity contribution is 8.00. The van der Waals surface area contributed by atoms with Gasteiger partial charge < -0.3 is 4.98 Å². The van der Waals surface area contributed by atoms with Crippen LogP contribution < -0.4 is 5.32 Å². The lowest BCUT2D eigenvalue weighted by Gasteiger charge is -2.11. The van der Waals surface area contributed by atoms with Gasteiger partial charge in [0.15, 0.2) is 5.16 Å². The molecule has 0 spiro atoms. The number of hydrogen-bond donors (Lipinski definition) is 2. The van der Waals surface area contributed by atoms with Gasteiger partial charge in [-0.1, -0.05) is 42.2 Å². The van der Waals surface area contributed by atoms with Crippen molar-refractivity contribution < 1.29 is 9.18 Å². The first-order valence-electron chi connectivity index (χ1n) is 8.64. The first-order valence-corrected chi connectivity index (χ1v) is 10.3. The Morgan fingerprint density at radius 2 is 2.00 bits per heavy atom. The molecule has 1 unspecified atom stereocenters. The number of aromatic nitrogens is 4. The highest BCUT2D eigenvalue weighted by Crippen LogP contribution is 2.29. The van der Waals surface area contributed by atoms with E-state index in [2.05, 4.69) is 25.5 Å². The van der Waals surface area contributed by atoms with Crippen molar-refractivity contribution in [2.75, 3.05) is 5.32 Å². The molecule has 9 heteroatoms. The van der Waals surface area contributed by atoms with Crippen molar-refractivity contribution in [3.63, 3.8) is 0 Å². The minimum atomic E-state index is -0.321. The number of fused-ring (bicyclic) bond motifs is 1.